The fraction of sp³-hybridized carbons (Fsp3) is 0.111. The molecule has 0 amide bonds. The highest BCUT2D eigenvalue weighted by Gasteiger charge is 2.13. The van der Waals surface area contributed by atoms with Crippen molar-refractivity contribution in [3.8, 4) is 6.07 Å². The number of nitrogens with one attached hydrogen (secondary N) is 2. The number of hydrogen-bond donors (Lipinski definition) is 3. The zero-order valence-electron chi connectivity index (χ0n) is 7.81. The second-order valence-electron chi connectivity index (χ2n) is 2.92. The average Bonchev–Trinajstić information content (AvgIpc) is 2.78. The van der Waals surface area contributed by atoms with Crippen molar-refractivity contribution in [1.29, 1.82) is 5.26 Å². The lowest BCUT2D eigenvalue weighted by Gasteiger charge is -2.12. The molecule has 0 spiro atoms. The second kappa shape index (κ2) is 3.96. The van der Waals surface area contributed by atoms with Gasteiger partial charge in [-0.2, -0.15) is 10.4 Å². The summed E-state index contributed by atoms with van der Waals surface area (Å²) in [5.74, 6) is 0.428. The third-order valence-corrected chi connectivity index (χ3v) is 1.90. The summed E-state index contributed by atoms with van der Waals surface area (Å²) >= 11 is 0. The van der Waals surface area contributed by atoms with E-state index in [9.17, 15) is 0 Å². The third kappa shape index (κ3) is 1.88. The normalized spacial score (nSPS) is 14.4. The fourth-order valence-corrected chi connectivity index (χ4v) is 1.19. The predicted octanol–water partition coefficient (Wildman–Crippen LogP) is -0.307. The quantitative estimate of drug-likeness (QED) is 0.614. The number of aliphatic hydroxyl groups excluding tert-OH is 1. The van der Waals surface area contributed by atoms with Gasteiger partial charge >= 0.3 is 0 Å². The lowest BCUT2D eigenvalue weighted by molar-refractivity contribution is 0.353. The number of nitriles is 1. The number of benzene rings is 1. The first-order chi connectivity index (χ1) is 7.33. The molecule has 3 N–H and O–H groups in total. The summed E-state index contributed by atoms with van der Waals surface area (Å²) in [4.78, 5) is 0. The highest BCUT2D eigenvalue weighted by atomic mass is 16.3. The smallest absolute Gasteiger partial charge is 0.165 e. The Hall–Kier alpha value is -2.10. The van der Waals surface area contributed by atoms with Crippen molar-refractivity contribution in [2.45, 2.75) is 0 Å². The van der Waals surface area contributed by atoms with E-state index in [1.54, 1.807) is 24.3 Å². The molecule has 1 aromatic carbocycles. The molecule has 0 atom stereocenters. The molecule has 1 aliphatic heterocycles. The molecule has 0 radical (unpaired) electrons. The highest BCUT2D eigenvalue weighted by Crippen LogP contribution is 2.15. The van der Waals surface area contributed by atoms with Gasteiger partial charge in [-0.3, -0.25) is 5.43 Å². The Morgan fingerprint density at radius 3 is 3.07 bits per heavy atom. The van der Waals surface area contributed by atoms with Crippen molar-refractivity contribution in [1.82, 2.24) is 11.0 Å². The van der Waals surface area contributed by atoms with E-state index >= 15 is 0 Å². The van der Waals surface area contributed by atoms with Crippen LogP contribution in [0.15, 0.2) is 29.4 Å². The summed E-state index contributed by atoms with van der Waals surface area (Å²) in [5, 5.41) is 23.0. The average molecular weight is 203 g/mol. The molecule has 0 unspecified atom stereocenters. The molecule has 2 rings (SSSR count). The van der Waals surface area contributed by atoms with E-state index in [0.717, 1.165) is 5.69 Å². The largest absolute Gasteiger partial charge is 0.388 e. The first-order valence-electron chi connectivity index (χ1n) is 4.34. The Labute approximate surface area is 86.4 Å². The van der Waals surface area contributed by atoms with Gasteiger partial charge in [0.15, 0.2) is 5.84 Å². The van der Waals surface area contributed by atoms with E-state index in [0.29, 0.717) is 11.4 Å². The van der Waals surface area contributed by atoms with Gasteiger partial charge < -0.3 is 5.11 Å². The number of aliphatic hydroxyl groups is 1. The van der Waals surface area contributed by atoms with Crippen LogP contribution in [0, 0.1) is 11.3 Å². The zero-order chi connectivity index (χ0) is 10.7. The fourth-order valence-electron chi connectivity index (χ4n) is 1.19. The van der Waals surface area contributed by atoms with E-state index in [1.165, 1.54) is 5.12 Å². The van der Waals surface area contributed by atoms with Crippen molar-refractivity contribution < 1.29 is 5.11 Å². The Bertz CT molecular complexity index is 436. The first kappa shape index (κ1) is 9.45. The molecule has 1 aromatic rings. The number of anilines is 1. The van der Waals surface area contributed by atoms with Crippen molar-refractivity contribution in [2.75, 3.05) is 11.7 Å². The highest BCUT2D eigenvalue weighted by molar-refractivity contribution is 5.85. The van der Waals surface area contributed by atoms with Crippen LogP contribution in [0.25, 0.3) is 0 Å². The molecule has 76 valence electrons. The van der Waals surface area contributed by atoms with Crippen LogP contribution in [-0.2, 0) is 0 Å². The Morgan fingerprint density at radius 1 is 1.53 bits per heavy atom. The number of hydrazine groups is 2. The van der Waals surface area contributed by atoms with Crippen LogP contribution in [0.5, 0.6) is 0 Å². The van der Waals surface area contributed by atoms with Crippen molar-refractivity contribution in [2.24, 2.45) is 5.10 Å². The molecule has 0 bridgehead atoms. The molecule has 0 aromatic heterocycles. The standard InChI is InChI=1S/C9H9N5O/c10-5-7-2-1-3-8(4-7)14-12-9(6-15)11-13-14/h1-4,13,15H,6H2,(H,11,12). The minimum absolute atomic E-state index is 0.165. The maximum absolute atomic E-state index is 8.82. The van der Waals surface area contributed by atoms with Crippen LogP contribution >= 0.6 is 0 Å². The molecule has 0 aliphatic carbocycles. The van der Waals surface area contributed by atoms with Crippen LogP contribution in [0.4, 0.5) is 5.69 Å². The lowest BCUT2D eigenvalue weighted by Crippen LogP contribution is -2.39. The minimum atomic E-state index is -0.165. The Kier molecular flexibility index (Phi) is 2.49. The summed E-state index contributed by atoms with van der Waals surface area (Å²) in [6.45, 7) is -0.165. The Balaban J connectivity index is 2.24. The molecule has 1 aliphatic rings. The molecule has 15 heavy (non-hydrogen) atoms. The van der Waals surface area contributed by atoms with E-state index in [1.807, 2.05) is 6.07 Å². The van der Waals surface area contributed by atoms with E-state index in [2.05, 4.69) is 16.1 Å². The van der Waals surface area contributed by atoms with Crippen LogP contribution < -0.4 is 16.1 Å². The van der Waals surface area contributed by atoms with Gasteiger partial charge in [-0.1, -0.05) is 6.07 Å². The van der Waals surface area contributed by atoms with Crippen LogP contribution in [0.1, 0.15) is 5.56 Å². The number of amidine groups is 1. The van der Waals surface area contributed by atoms with Gasteiger partial charge in [-0.25, -0.2) is 0 Å². The summed E-state index contributed by atoms with van der Waals surface area (Å²) in [6, 6.07) is 9.02. The Morgan fingerprint density at radius 2 is 2.40 bits per heavy atom. The third-order valence-electron chi connectivity index (χ3n) is 1.90. The van der Waals surface area contributed by atoms with E-state index in [-0.39, 0.29) is 6.61 Å². The second-order valence-corrected chi connectivity index (χ2v) is 2.92. The van der Waals surface area contributed by atoms with Gasteiger partial charge in [0.2, 0.25) is 0 Å². The number of nitrogens with zero attached hydrogens (tertiary/aromatic N) is 3. The van der Waals surface area contributed by atoms with Crippen molar-refractivity contribution in [3.05, 3.63) is 29.8 Å². The SMILES string of the molecule is N#Cc1cccc(N2N=C(CO)NN2)c1. The van der Waals surface area contributed by atoms with Crippen LogP contribution in [-0.4, -0.2) is 17.5 Å². The lowest BCUT2D eigenvalue weighted by atomic mass is 10.2. The minimum Gasteiger partial charge on any atom is -0.388 e. The molecule has 1 heterocycles. The number of hydrogen-bond acceptors (Lipinski definition) is 6. The van der Waals surface area contributed by atoms with Gasteiger partial charge in [0.1, 0.15) is 6.61 Å². The number of rotatable bonds is 2. The summed E-state index contributed by atoms with van der Waals surface area (Å²) in [5.41, 5.74) is 6.70. The van der Waals surface area contributed by atoms with Crippen molar-refractivity contribution in [3.63, 3.8) is 0 Å². The molecular weight excluding hydrogens is 194 g/mol. The monoisotopic (exact) mass is 203 g/mol. The predicted molar refractivity (Wildman–Crippen MR) is 54.4 cm³/mol. The van der Waals surface area contributed by atoms with Gasteiger partial charge in [0, 0.05) is 0 Å². The zero-order valence-corrected chi connectivity index (χ0v) is 7.81. The van der Waals surface area contributed by atoms with E-state index < -0.39 is 0 Å². The molecule has 0 saturated carbocycles. The summed E-state index contributed by atoms with van der Waals surface area (Å²) in [7, 11) is 0. The molecule has 6 nitrogen and oxygen atoms in total. The summed E-state index contributed by atoms with van der Waals surface area (Å²) in [6.07, 6.45) is 0. The molecule has 0 saturated heterocycles. The number of hydrazone groups is 1. The first-order valence-corrected chi connectivity index (χ1v) is 4.34. The molecular formula is C9H9N5O. The van der Waals surface area contributed by atoms with E-state index in [4.69, 9.17) is 10.4 Å². The van der Waals surface area contributed by atoms with Crippen LogP contribution in [0.2, 0.25) is 0 Å². The van der Waals surface area contributed by atoms with Crippen molar-refractivity contribution >= 4 is 11.5 Å². The van der Waals surface area contributed by atoms with Gasteiger partial charge in [0.05, 0.1) is 17.3 Å². The van der Waals surface area contributed by atoms with Gasteiger partial charge in [0.25, 0.3) is 0 Å². The summed E-state index contributed by atoms with van der Waals surface area (Å²) < 4.78 is 0. The molecule has 0 fully saturated rings. The maximum Gasteiger partial charge on any atom is 0.165 e. The van der Waals surface area contributed by atoms with Crippen LogP contribution in [0.3, 0.4) is 0 Å². The van der Waals surface area contributed by atoms with Gasteiger partial charge in [-0.05, 0) is 18.2 Å². The molecule has 6 heteroatoms. The topological polar surface area (TPSA) is 83.7 Å². The maximum atomic E-state index is 8.82. The van der Waals surface area contributed by atoms with Gasteiger partial charge in [-0.15, -0.1) is 10.6 Å².